The van der Waals surface area contributed by atoms with Crippen LogP contribution < -0.4 is 5.73 Å². The van der Waals surface area contributed by atoms with Gasteiger partial charge in [-0.3, -0.25) is 18.6 Å². The maximum Gasteiger partial charge on any atom is 0.472 e. The lowest BCUT2D eigenvalue weighted by Gasteiger charge is -2.19. The first-order valence-electron chi connectivity index (χ1n) is 20.2. The summed E-state index contributed by atoms with van der Waals surface area (Å²) in [5.74, 6) is -0.968. The molecule has 0 saturated heterocycles. The molecule has 4 N–H and O–H groups in total. The van der Waals surface area contributed by atoms with E-state index in [1.54, 1.807) is 6.08 Å². The van der Waals surface area contributed by atoms with E-state index >= 15 is 0 Å². The van der Waals surface area contributed by atoms with Crippen LogP contribution in [0.3, 0.4) is 0 Å². The largest absolute Gasteiger partial charge is 0.472 e. The van der Waals surface area contributed by atoms with Gasteiger partial charge in [-0.15, -0.1) is 0 Å². The zero-order chi connectivity index (χ0) is 39.8. The zero-order valence-electron chi connectivity index (χ0n) is 33.3. The molecule has 0 aromatic rings. The Balaban J connectivity index is 4.38. The predicted octanol–water partition coefficient (Wildman–Crippen LogP) is 10.2. The highest BCUT2D eigenvalue weighted by Crippen LogP contribution is 2.43. The smallest absolute Gasteiger partial charge is 0.462 e. The lowest BCUT2D eigenvalue weighted by atomic mass is 10.1. The van der Waals surface area contributed by atoms with Crippen molar-refractivity contribution in [3.05, 3.63) is 85.1 Å². The van der Waals surface area contributed by atoms with Gasteiger partial charge in [0.15, 0.2) is 6.10 Å². The molecule has 54 heavy (non-hydrogen) atoms. The Kier molecular flexibility index (Phi) is 36.4. The van der Waals surface area contributed by atoms with E-state index in [1.165, 1.54) is 25.7 Å². The Morgan fingerprint density at radius 3 is 1.94 bits per heavy atom. The molecule has 0 aliphatic carbocycles. The van der Waals surface area contributed by atoms with Gasteiger partial charge in [0.05, 0.1) is 19.3 Å². The summed E-state index contributed by atoms with van der Waals surface area (Å²) >= 11 is 0. The number of hydrogen-bond donors (Lipinski definition) is 3. The minimum Gasteiger partial charge on any atom is -0.462 e. The number of aliphatic hydroxyl groups excluding tert-OH is 1. The van der Waals surface area contributed by atoms with Crippen LogP contribution in [0.15, 0.2) is 85.1 Å². The fraction of sp³-hybridized carbons (Fsp3) is 0.628. The van der Waals surface area contributed by atoms with Crippen molar-refractivity contribution in [3.63, 3.8) is 0 Å². The first-order chi connectivity index (χ1) is 26.2. The first kappa shape index (κ1) is 51.1. The second-order valence-corrected chi connectivity index (χ2v) is 14.4. The Labute approximate surface area is 326 Å². The molecule has 0 bridgehead atoms. The summed E-state index contributed by atoms with van der Waals surface area (Å²) in [7, 11) is -4.40. The fourth-order valence-corrected chi connectivity index (χ4v) is 5.62. The number of unbranched alkanes of at least 4 members (excludes halogenated alkanes) is 9. The van der Waals surface area contributed by atoms with Crippen molar-refractivity contribution >= 4 is 19.8 Å². The van der Waals surface area contributed by atoms with Crippen molar-refractivity contribution in [3.8, 4) is 0 Å². The van der Waals surface area contributed by atoms with E-state index in [4.69, 9.17) is 24.3 Å². The molecule has 0 spiro atoms. The van der Waals surface area contributed by atoms with E-state index in [1.807, 2.05) is 42.5 Å². The topological polar surface area (TPSA) is 155 Å². The number of aliphatic hydroxyl groups is 1. The van der Waals surface area contributed by atoms with Crippen LogP contribution >= 0.6 is 7.82 Å². The van der Waals surface area contributed by atoms with Crippen molar-refractivity contribution < 1.29 is 42.7 Å². The Hall–Kier alpha value is -2.85. The molecular formula is C43H72NO9P. The third-order valence-corrected chi connectivity index (χ3v) is 8.84. The summed E-state index contributed by atoms with van der Waals surface area (Å²) < 4.78 is 32.6. The monoisotopic (exact) mass is 777 g/mol. The van der Waals surface area contributed by atoms with Crippen LogP contribution in [0.25, 0.3) is 0 Å². The van der Waals surface area contributed by atoms with Crippen molar-refractivity contribution in [1.82, 2.24) is 0 Å². The molecule has 0 aromatic carbocycles. The molecule has 0 amide bonds. The molecule has 0 rings (SSSR count). The van der Waals surface area contributed by atoms with E-state index in [2.05, 4.69) is 50.3 Å². The van der Waals surface area contributed by atoms with Crippen LogP contribution in [-0.4, -0.2) is 60.5 Å². The van der Waals surface area contributed by atoms with Crippen LogP contribution in [0.1, 0.15) is 136 Å². The number of rotatable bonds is 36. The number of hydrogen-bond acceptors (Lipinski definition) is 9. The molecule has 0 aliphatic rings. The molecular weight excluding hydrogens is 705 g/mol. The quantitative estimate of drug-likeness (QED) is 0.0184. The number of allylic oxidation sites excluding steroid dienone is 12. The van der Waals surface area contributed by atoms with Crippen molar-refractivity contribution in [1.29, 1.82) is 0 Å². The normalized spacial score (nSPS) is 14.8. The highest BCUT2D eigenvalue weighted by atomic mass is 31.2. The average Bonchev–Trinajstić information content (AvgIpc) is 3.15. The highest BCUT2D eigenvalue weighted by Gasteiger charge is 2.25. The van der Waals surface area contributed by atoms with Crippen LogP contribution in [0.2, 0.25) is 0 Å². The second-order valence-electron chi connectivity index (χ2n) is 13.0. The van der Waals surface area contributed by atoms with E-state index in [9.17, 15) is 24.2 Å². The molecule has 0 aromatic heterocycles. The lowest BCUT2D eigenvalue weighted by Crippen LogP contribution is -2.29. The summed E-state index contributed by atoms with van der Waals surface area (Å²) in [4.78, 5) is 34.7. The third-order valence-electron chi connectivity index (χ3n) is 7.86. The van der Waals surface area contributed by atoms with Gasteiger partial charge < -0.3 is 25.2 Å². The average molecular weight is 778 g/mol. The molecule has 10 nitrogen and oxygen atoms in total. The highest BCUT2D eigenvalue weighted by molar-refractivity contribution is 7.47. The predicted molar refractivity (Wildman–Crippen MR) is 221 cm³/mol. The second kappa shape index (κ2) is 38.4. The van der Waals surface area contributed by atoms with Crippen LogP contribution in [0.5, 0.6) is 0 Å². The van der Waals surface area contributed by atoms with Gasteiger partial charge in [-0.2, -0.15) is 0 Å². The molecule has 0 radical (unpaired) electrons. The Morgan fingerprint density at radius 1 is 0.667 bits per heavy atom. The number of phosphoric acid groups is 1. The Morgan fingerprint density at radius 2 is 1.28 bits per heavy atom. The SMILES string of the molecule is CC/C=C\CC(O)/C=C/C=C/C/C=C\C/C=C\C/C=C\CCC(=O)OC[C@H](COP(=O)(O)OCCN)OC(=O)CCCCCCC/C=C\CCCCCC. The molecule has 11 heteroatoms. The van der Waals surface area contributed by atoms with E-state index in [0.29, 0.717) is 19.3 Å². The summed E-state index contributed by atoms with van der Waals surface area (Å²) in [6.07, 6.45) is 43.9. The van der Waals surface area contributed by atoms with Gasteiger partial charge in [0, 0.05) is 19.4 Å². The minimum absolute atomic E-state index is 0.0322. The number of carbonyl (C=O) groups is 2. The van der Waals surface area contributed by atoms with Crippen LogP contribution in [-0.2, 0) is 32.7 Å². The maximum atomic E-state index is 12.5. The van der Waals surface area contributed by atoms with Crippen LogP contribution in [0, 0.1) is 0 Å². The van der Waals surface area contributed by atoms with Gasteiger partial charge in [0.1, 0.15) is 6.61 Å². The first-order valence-corrected chi connectivity index (χ1v) is 21.7. The molecule has 3 atom stereocenters. The standard InChI is InChI=1S/C43H72NO9P/c1-3-5-7-8-9-10-11-13-18-21-24-27-31-35-43(47)53-41(39-52-54(48,49)51-37-36-44)38-50-42(46)34-30-26-23-20-17-15-12-14-16-19-22-25-29-33-40(45)32-28-6-4-2/h6,10-11,14-17,22-23,25-26,28-29,33,40-41,45H,3-5,7-9,12-13,18-21,24,27,30-32,34-39,44H2,1-2H3,(H,48,49)/b11-10-,16-14-,17-15-,25-22+,26-23-,28-6-,33-29+/t40?,41-/m1/s1. The van der Waals surface area contributed by atoms with Crippen LogP contribution in [0.4, 0.5) is 0 Å². The zero-order valence-corrected chi connectivity index (χ0v) is 34.2. The van der Waals surface area contributed by atoms with Gasteiger partial charge >= 0.3 is 19.8 Å². The van der Waals surface area contributed by atoms with Gasteiger partial charge in [0.2, 0.25) is 0 Å². The van der Waals surface area contributed by atoms with Crippen molar-refractivity contribution in [2.75, 3.05) is 26.4 Å². The van der Waals surface area contributed by atoms with Gasteiger partial charge in [-0.1, -0.05) is 137 Å². The molecule has 0 fully saturated rings. The third kappa shape index (κ3) is 37.5. The van der Waals surface area contributed by atoms with E-state index in [0.717, 1.165) is 64.2 Å². The molecule has 0 saturated carbocycles. The van der Waals surface area contributed by atoms with E-state index in [-0.39, 0.29) is 32.6 Å². The number of esters is 2. The molecule has 2 unspecified atom stereocenters. The molecule has 308 valence electrons. The van der Waals surface area contributed by atoms with Gasteiger partial charge in [0.25, 0.3) is 0 Å². The fourth-order valence-electron chi connectivity index (χ4n) is 4.85. The lowest BCUT2D eigenvalue weighted by molar-refractivity contribution is -0.161. The minimum atomic E-state index is -4.40. The number of ether oxygens (including phenoxy) is 2. The summed E-state index contributed by atoms with van der Waals surface area (Å²) in [5.41, 5.74) is 5.33. The van der Waals surface area contributed by atoms with Crippen molar-refractivity contribution in [2.24, 2.45) is 5.73 Å². The van der Waals surface area contributed by atoms with Gasteiger partial charge in [-0.05, 0) is 70.6 Å². The summed E-state index contributed by atoms with van der Waals surface area (Å²) in [5, 5.41) is 9.82. The molecule has 0 heterocycles. The van der Waals surface area contributed by atoms with Gasteiger partial charge in [-0.25, -0.2) is 4.57 Å². The molecule has 0 aliphatic heterocycles. The summed E-state index contributed by atoms with van der Waals surface area (Å²) in [6, 6.07) is 0. The van der Waals surface area contributed by atoms with Crippen molar-refractivity contribution in [2.45, 2.75) is 148 Å². The number of carbonyl (C=O) groups excluding carboxylic acids is 2. The summed E-state index contributed by atoms with van der Waals surface area (Å²) in [6.45, 7) is 3.37. The number of phosphoric ester groups is 1. The van der Waals surface area contributed by atoms with E-state index < -0.39 is 38.6 Å². The Bertz CT molecular complexity index is 1180. The maximum absolute atomic E-state index is 12.5. The number of nitrogens with two attached hydrogens (primary N) is 1.